The average Bonchev–Trinajstić information content (AvgIpc) is 2.43. The minimum Gasteiger partial charge on any atom is -0.491 e. The van der Waals surface area contributed by atoms with Gasteiger partial charge in [0, 0.05) is 5.02 Å². The van der Waals surface area contributed by atoms with Crippen molar-refractivity contribution in [3.8, 4) is 5.75 Å². The van der Waals surface area contributed by atoms with Gasteiger partial charge in [0.2, 0.25) is 0 Å². The highest BCUT2D eigenvalue weighted by Gasteiger charge is 2.21. The van der Waals surface area contributed by atoms with E-state index in [1.165, 1.54) is 17.7 Å². The fourth-order valence-corrected chi connectivity index (χ4v) is 2.78. The molecule has 2 rings (SSSR count). The van der Waals surface area contributed by atoms with Gasteiger partial charge in [0.05, 0.1) is 13.1 Å². The Morgan fingerprint density at radius 1 is 1.40 bits per heavy atom. The number of aliphatic hydroxyl groups excluding tert-OH is 1. The molecule has 4 heteroatoms. The van der Waals surface area contributed by atoms with Crippen LogP contribution in [-0.2, 0) is 0 Å². The van der Waals surface area contributed by atoms with Gasteiger partial charge in [-0.15, -0.1) is 0 Å². The first-order valence-corrected chi connectivity index (χ1v) is 7.83. The van der Waals surface area contributed by atoms with Gasteiger partial charge in [-0.2, -0.15) is 0 Å². The third-order valence-electron chi connectivity index (χ3n) is 4.08. The van der Waals surface area contributed by atoms with Crippen LogP contribution in [0.1, 0.15) is 25.3 Å². The zero-order valence-corrected chi connectivity index (χ0v) is 13.1. The second kappa shape index (κ2) is 7.30. The number of hydrogen-bond acceptors (Lipinski definition) is 2. The third-order valence-corrected chi connectivity index (χ3v) is 4.50. The molecule has 1 saturated heterocycles. The number of rotatable bonds is 5. The monoisotopic (exact) mass is 298 g/mol. The Morgan fingerprint density at radius 2 is 2.10 bits per heavy atom. The van der Waals surface area contributed by atoms with E-state index in [1.54, 1.807) is 0 Å². The number of likely N-dealkylation sites (tertiary alicyclic amines) is 1. The fraction of sp³-hybridized carbons (Fsp3) is 0.625. The second-order valence-corrected chi connectivity index (χ2v) is 6.42. The number of nitrogens with one attached hydrogen (secondary N) is 1. The minimum atomic E-state index is -0.408. The first-order valence-electron chi connectivity index (χ1n) is 7.45. The quantitative estimate of drug-likeness (QED) is 0.868. The van der Waals surface area contributed by atoms with E-state index in [2.05, 4.69) is 6.92 Å². The standard InChI is InChI=1S/C16H24ClNO2/c1-12-5-7-18(8-6-12)10-14(19)11-20-15-3-4-16(17)13(2)9-15/h3-4,9,12,14,19H,5-8,10-11H2,1-2H3/p+1/t14-/m0/s1. The lowest BCUT2D eigenvalue weighted by Gasteiger charge is -2.28. The van der Waals surface area contributed by atoms with Gasteiger partial charge >= 0.3 is 0 Å². The molecule has 0 amide bonds. The Hall–Kier alpha value is -0.770. The summed E-state index contributed by atoms with van der Waals surface area (Å²) < 4.78 is 5.64. The molecule has 1 atom stereocenters. The normalized spacial score (nSPS) is 24.4. The summed E-state index contributed by atoms with van der Waals surface area (Å²) in [5.41, 5.74) is 0.995. The summed E-state index contributed by atoms with van der Waals surface area (Å²) in [5.74, 6) is 1.61. The van der Waals surface area contributed by atoms with Crippen molar-refractivity contribution >= 4 is 11.6 Å². The van der Waals surface area contributed by atoms with E-state index in [4.69, 9.17) is 16.3 Å². The summed E-state index contributed by atoms with van der Waals surface area (Å²) >= 11 is 5.98. The molecule has 0 bridgehead atoms. The van der Waals surface area contributed by atoms with Gasteiger partial charge < -0.3 is 14.7 Å². The van der Waals surface area contributed by atoms with Crippen LogP contribution < -0.4 is 9.64 Å². The zero-order chi connectivity index (χ0) is 14.5. The molecule has 1 aromatic rings. The van der Waals surface area contributed by atoms with Crippen LogP contribution in [0.2, 0.25) is 5.02 Å². The highest BCUT2D eigenvalue weighted by molar-refractivity contribution is 6.31. The number of benzene rings is 1. The number of aryl methyl sites for hydroxylation is 1. The van der Waals surface area contributed by atoms with Crippen LogP contribution in [0.25, 0.3) is 0 Å². The van der Waals surface area contributed by atoms with Crippen molar-refractivity contribution in [2.24, 2.45) is 5.92 Å². The van der Waals surface area contributed by atoms with Crippen LogP contribution in [-0.4, -0.2) is 37.5 Å². The maximum atomic E-state index is 10.1. The van der Waals surface area contributed by atoms with Crippen molar-refractivity contribution < 1.29 is 14.7 Å². The largest absolute Gasteiger partial charge is 0.491 e. The summed E-state index contributed by atoms with van der Waals surface area (Å²) in [6, 6.07) is 5.58. The van der Waals surface area contributed by atoms with Crippen molar-refractivity contribution in [1.82, 2.24) is 0 Å². The van der Waals surface area contributed by atoms with Gasteiger partial charge in [0.1, 0.15) is 25.0 Å². The first-order chi connectivity index (χ1) is 9.54. The molecule has 0 aliphatic carbocycles. The predicted molar refractivity (Wildman–Crippen MR) is 81.7 cm³/mol. The van der Waals surface area contributed by atoms with Crippen LogP contribution in [0.5, 0.6) is 5.75 Å². The molecule has 1 aliphatic rings. The van der Waals surface area contributed by atoms with E-state index >= 15 is 0 Å². The molecule has 1 fully saturated rings. The molecule has 0 aromatic heterocycles. The molecule has 3 nitrogen and oxygen atoms in total. The molecule has 1 heterocycles. The van der Waals surface area contributed by atoms with Gasteiger partial charge in [-0.3, -0.25) is 0 Å². The molecular weight excluding hydrogens is 274 g/mol. The van der Waals surface area contributed by atoms with Crippen LogP contribution in [0.3, 0.4) is 0 Å². The average molecular weight is 299 g/mol. The lowest BCUT2D eigenvalue weighted by Crippen LogP contribution is -3.14. The molecule has 20 heavy (non-hydrogen) atoms. The lowest BCUT2D eigenvalue weighted by molar-refractivity contribution is -0.909. The molecule has 0 saturated carbocycles. The number of piperidine rings is 1. The summed E-state index contributed by atoms with van der Waals surface area (Å²) in [4.78, 5) is 1.49. The topological polar surface area (TPSA) is 33.9 Å². The Labute approximate surface area is 126 Å². The van der Waals surface area contributed by atoms with Gasteiger partial charge in [-0.1, -0.05) is 18.5 Å². The van der Waals surface area contributed by atoms with Gasteiger partial charge in [0.25, 0.3) is 0 Å². The smallest absolute Gasteiger partial charge is 0.137 e. The van der Waals surface area contributed by atoms with Crippen LogP contribution in [0.4, 0.5) is 0 Å². The number of quaternary nitrogens is 1. The molecular formula is C16H25ClNO2+. The van der Waals surface area contributed by atoms with E-state index in [0.29, 0.717) is 6.61 Å². The van der Waals surface area contributed by atoms with E-state index in [1.807, 2.05) is 25.1 Å². The Kier molecular flexibility index (Phi) is 5.70. The molecule has 1 aliphatic heterocycles. The van der Waals surface area contributed by atoms with Gasteiger partial charge in [0.15, 0.2) is 0 Å². The SMILES string of the molecule is Cc1cc(OC[C@@H](O)C[NH+]2CCC(C)CC2)ccc1Cl. The number of aliphatic hydroxyl groups is 1. The van der Waals surface area contributed by atoms with E-state index < -0.39 is 6.10 Å². The number of ether oxygens (including phenoxy) is 1. The third kappa shape index (κ3) is 4.65. The maximum Gasteiger partial charge on any atom is 0.137 e. The Bertz CT molecular complexity index is 430. The van der Waals surface area contributed by atoms with Gasteiger partial charge in [-0.05, 0) is 49.4 Å². The fourth-order valence-electron chi connectivity index (χ4n) is 2.67. The first kappa shape index (κ1) is 15.6. The molecule has 0 spiro atoms. The summed E-state index contributed by atoms with van der Waals surface area (Å²) in [6.45, 7) is 7.71. The number of hydrogen-bond donors (Lipinski definition) is 2. The van der Waals surface area contributed by atoms with Crippen LogP contribution in [0, 0.1) is 12.8 Å². The molecule has 112 valence electrons. The van der Waals surface area contributed by atoms with E-state index in [0.717, 1.165) is 41.9 Å². The summed E-state index contributed by atoms with van der Waals surface area (Å²) in [7, 11) is 0. The Balaban J connectivity index is 1.74. The molecule has 2 N–H and O–H groups in total. The van der Waals surface area contributed by atoms with Crippen molar-refractivity contribution in [3.05, 3.63) is 28.8 Å². The molecule has 1 aromatic carbocycles. The highest BCUT2D eigenvalue weighted by atomic mass is 35.5. The summed E-state index contributed by atoms with van der Waals surface area (Å²) in [6.07, 6.45) is 2.12. The van der Waals surface area contributed by atoms with Crippen molar-refractivity contribution in [2.45, 2.75) is 32.8 Å². The van der Waals surface area contributed by atoms with Gasteiger partial charge in [-0.25, -0.2) is 0 Å². The van der Waals surface area contributed by atoms with Crippen LogP contribution in [0.15, 0.2) is 18.2 Å². The minimum absolute atomic E-state index is 0.347. The van der Waals surface area contributed by atoms with Crippen LogP contribution >= 0.6 is 11.6 Å². The van der Waals surface area contributed by atoms with E-state index in [-0.39, 0.29) is 0 Å². The van der Waals surface area contributed by atoms with Crippen molar-refractivity contribution in [1.29, 1.82) is 0 Å². The second-order valence-electron chi connectivity index (χ2n) is 6.01. The van der Waals surface area contributed by atoms with E-state index in [9.17, 15) is 5.11 Å². The molecule has 0 radical (unpaired) electrons. The predicted octanol–water partition coefficient (Wildman–Crippen LogP) is 1.70. The Morgan fingerprint density at radius 3 is 2.75 bits per heavy atom. The summed E-state index contributed by atoms with van der Waals surface area (Å²) in [5, 5.41) is 10.8. The zero-order valence-electron chi connectivity index (χ0n) is 12.4. The van der Waals surface area contributed by atoms with Crippen molar-refractivity contribution in [3.63, 3.8) is 0 Å². The molecule has 0 unspecified atom stereocenters. The van der Waals surface area contributed by atoms with Crippen molar-refractivity contribution in [2.75, 3.05) is 26.2 Å². The maximum absolute atomic E-state index is 10.1. The lowest BCUT2D eigenvalue weighted by atomic mass is 9.99. The number of halogens is 1. The highest BCUT2D eigenvalue weighted by Crippen LogP contribution is 2.21.